The molecule has 0 radical (unpaired) electrons. The van der Waals surface area contributed by atoms with Crippen LogP contribution in [0.15, 0.2) is 42.5 Å². The topological polar surface area (TPSA) is 35.2 Å². The zero-order valence-electron chi connectivity index (χ0n) is 11.2. The lowest BCUT2D eigenvalue weighted by atomic mass is 9.78. The summed E-state index contributed by atoms with van der Waals surface area (Å²) < 4.78 is 43.2. The molecular formula is C16H14F3NO. The number of rotatable bonds is 3. The minimum Gasteiger partial charge on any atom is -0.491 e. The molecule has 0 saturated carbocycles. The molecule has 0 bridgehead atoms. The van der Waals surface area contributed by atoms with E-state index in [1.54, 1.807) is 0 Å². The van der Waals surface area contributed by atoms with Gasteiger partial charge in [-0.3, -0.25) is 0 Å². The number of anilines is 1. The number of fused-ring (bicyclic) bond motifs is 1. The van der Waals surface area contributed by atoms with Crippen molar-refractivity contribution >= 4 is 5.69 Å². The maximum atomic E-state index is 12.5. The molecule has 0 amide bonds. The van der Waals surface area contributed by atoms with Crippen LogP contribution in [0.1, 0.15) is 22.6 Å². The van der Waals surface area contributed by atoms with Crippen LogP contribution < -0.4 is 10.5 Å². The Bertz CT molecular complexity index is 667. The first-order chi connectivity index (χ1) is 9.95. The maximum absolute atomic E-state index is 12.5. The molecule has 2 aromatic rings. The Morgan fingerprint density at radius 1 is 1.14 bits per heavy atom. The van der Waals surface area contributed by atoms with Crippen molar-refractivity contribution in [3.05, 3.63) is 59.2 Å². The second kappa shape index (κ2) is 4.98. The summed E-state index contributed by atoms with van der Waals surface area (Å²) in [7, 11) is 0. The lowest BCUT2D eigenvalue weighted by molar-refractivity contribution is -0.137. The van der Waals surface area contributed by atoms with Crippen LogP contribution in [0, 0.1) is 0 Å². The van der Waals surface area contributed by atoms with Crippen LogP contribution >= 0.6 is 0 Å². The van der Waals surface area contributed by atoms with E-state index in [-0.39, 0.29) is 11.6 Å². The molecule has 0 saturated heterocycles. The van der Waals surface area contributed by atoms with E-state index in [9.17, 15) is 13.2 Å². The van der Waals surface area contributed by atoms with Crippen LogP contribution in [0.5, 0.6) is 5.75 Å². The van der Waals surface area contributed by atoms with Crippen molar-refractivity contribution < 1.29 is 17.9 Å². The zero-order valence-corrected chi connectivity index (χ0v) is 11.2. The predicted molar refractivity (Wildman–Crippen MR) is 74.2 cm³/mol. The number of nitrogen functional groups attached to an aromatic ring is 1. The van der Waals surface area contributed by atoms with Gasteiger partial charge < -0.3 is 10.5 Å². The Labute approximate surface area is 120 Å². The molecule has 0 aliphatic heterocycles. The lowest BCUT2D eigenvalue weighted by Crippen LogP contribution is -2.23. The first-order valence-electron chi connectivity index (χ1n) is 6.62. The van der Waals surface area contributed by atoms with Gasteiger partial charge in [-0.25, -0.2) is 0 Å². The molecule has 21 heavy (non-hydrogen) atoms. The van der Waals surface area contributed by atoms with E-state index in [0.717, 1.165) is 18.6 Å². The van der Waals surface area contributed by atoms with Crippen LogP contribution in [-0.2, 0) is 12.6 Å². The molecular weight excluding hydrogens is 279 g/mol. The van der Waals surface area contributed by atoms with Gasteiger partial charge in [-0.15, -0.1) is 0 Å². The van der Waals surface area contributed by atoms with Crippen molar-refractivity contribution in [2.45, 2.75) is 18.5 Å². The molecule has 0 spiro atoms. The van der Waals surface area contributed by atoms with Crippen molar-refractivity contribution in [1.29, 1.82) is 0 Å². The molecule has 0 aromatic heterocycles. The fraction of sp³-hybridized carbons (Fsp3) is 0.250. The summed E-state index contributed by atoms with van der Waals surface area (Å²) >= 11 is 0. The van der Waals surface area contributed by atoms with E-state index in [1.165, 1.54) is 17.2 Å². The van der Waals surface area contributed by atoms with Crippen LogP contribution in [-0.4, -0.2) is 6.61 Å². The normalized spacial score (nSPS) is 17.0. The molecule has 1 atom stereocenters. The number of hydrogen-bond acceptors (Lipinski definition) is 2. The molecule has 1 unspecified atom stereocenters. The third-order valence-corrected chi connectivity index (χ3v) is 3.74. The Morgan fingerprint density at radius 2 is 1.90 bits per heavy atom. The van der Waals surface area contributed by atoms with Gasteiger partial charge in [-0.05, 0) is 35.7 Å². The maximum Gasteiger partial charge on any atom is 0.416 e. The van der Waals surface area contributed by atoms with Crippen LogP contribution in [0.2, 0.25) is 0 Å². The average molecular weight is 293 g/mol. The van der Waals surface area contributed by atoms with E-state index in [4.69, 9.17) is 10.5 Å². The molecule has 5 heteroatoms. The quantitative estimate of drug-likeness (QED) is 0.868. The molecule has 110 valence electrons. The first-order valence-corrected chi connectivity index (χ1v) is 6.62. The van der Waals surface area contributed by atoms with E-state index in [0.29, 0.717) is 12.4 Å². The number of benzene rings is 2. The van der Waals surface area contributed by atoms with E-state index in [2.05, 4.69) is 6.07 Å². The molecule has 2 aromatic carbocycles. The summed E-state index contributed by atoms with van der Waals surface area (Å²) in [6, 6.07) is 11.2. The standard InChI is InChI=1S/C16H14F3NO/c17-16(18,19)12-5-6-15(14(20)8-12)21-9-11-7-10-3-1-2-4-13(10)11/h1-6,8,11H,7,9,20H2. The van der Waals surface area contributed by atoms with Crippen molar-refractivity contribution in [3.8, 4) is 5.75 Å². The summed E-state index contributed by atoms with van der Waals surface area (Å²) in [5.41, 5.74) is 7.42. The Balaban J connectivity index is 1.67. The second-order valence-electron chi connectivity index (χ2n) is 5.16. The van der Waals surface area contributed by atoms with E-state index in [1.807, 2.05) is 18.2 Å². The summed E-state index contributed by atoms with van der Waals surface area (Å²) in [5, 5.41) is 0. The van der Waals surface area contributed by atoms with Gasteiger partial charge in [0.2, 0.25) is 0 Å². The molecule has 1 aliphatic rings. The summed E-state index contributed by atoms with van der Waals surface area (Å²) in [6.45, 7) is 0.423. The predicted octanol–water partition coefficient (Wildman–Crippen LogP) is 4.01. The third-order valence-electron chi connectivity index (χ3n) is 3.74. The molecule has 1 aliphatic carbocycles. The van der Waals surface area contributed by atoms with Gasteiger partial charge in [0.25, 0.3) is 0 Å². The minimum absolute atomic E-state index is 0.0115. The van der Waals surface area contributed by atoms with Crippen LogP contribution in [0.3, 0.4) is 0 Å². The van der Waals surface area contributed by atoms with Gasteiger partial charge >= 0.3 is 6.18 Å². The van der Waals surface area contributed by atoms with Crippen LogP contribution in [0.25, 0.3) is 0 Å². The van der Waals surface area contributed by atoms with Crippen molar-refractivity contribution in [2.24, 2.45) is 0 Å². The van der Waals surface area contributed by atoms with Crippen molar-refractivity contribution in [2.75, 3.05) is 12.3 Å². The highest BCUT2D eigenvalue weighted by Gasteiger charge is 2.31. The molecule has 0 heterocycles. The number of alkyl halides is 3. The van der Waals surface area contributed by atoms with Gasteiger partial charge in [0.15, 0.2) is 0 Å². The monoisotopic (exact) mass is 293 g/mol. The number of nitrogens with two attached hydrogens (primary N) is 1. The minimum atomic E-state index is -4.39. The largest absolute Gasteiger partial charge is 0.491 e. The number of ether oxygens (including phenoxy) is 1. The molecule has 2 N–H and O–H groups in total. The van der Waals surface area contributed by atoms with Gasteiger partial charge in [-0.1, -0.05) is 24.3 Å². The second-order valence-corrected chi connectivity index (χ2v) is 5.16. The molecule has 3 rings (SSSR count). The highest BCUT2D eigenvalue weighted by atomic mass is 19.4. The van der Waals surface area contributed by atoms with E-state index < -0.39 is 11.7 Å². The van der Waals surface area contributed by atoms with Crippen molar-refractivity contribution in [1.82, 2.24) is 0 Å². The third kappa shape index (κ3) is 2.68. The van der Waals surface area contributed by atoms with Gasteiger partial charge in [0.05, 0.1) is 17.9 Å². The highest BCUT2D eigenvalue weighted by Crippen LogP contribution is 2.37. The molecule has 2 nitrogen and oxygen atoms in total. The van der Waals surface area contributed by atoms with Gasteiger partial charge in [-0.2, -0.15) is 13.2 Å². The van der Waals surface area contributed by atoms with Gasteiger partial charge in [0, 0.05) is 5.92 Å². The smallest absolute Gasteiger partial charge is 0.416 e. The fourth-order valence-electron chi connectivity index (χ4n) is 2.56. The summed E-state index contributed by atoms with van der Waals surface area (Å²) in [4.78, 5) is 0. The van der Waals surface area contributed by atoms with Crippen LogP contribution in [0.4, 0.5) is 18.9 Å². The SMILES string of the molecule is Nc1cc(C(F)(F)F)ccc1OCC1Cc2ccccc21. The summed E-state index contributed by atoms with van der Waals surface area (Å²) in [6.07, 6.45) is -3.46. The van der Waals surface area contributed by atoms with Gasteiger partial charge in [0.1, 0.15) is 5.75 Å². The number of halogens is 3. The highest BCUT2D eigenvalue weighted by molar-refractivity contribution is 5.55. The fourth-order valence-corrected chi connectivity index (χ4v) is 2.56. The zero-order chi connectivity index (χ0) is 15.0. The van der Waals surface area contributed by atoms with Crippen molar-refractivity contribution in [3.63, 3.8) is 0 Å². The Kier molecular flexibility index (Phi) is 3.27. The molecule has 0 fully saturated rings. The average Bonchev–Trinajstić information content (AvgIpc) is 2.40. The Hall–Kier alpha value is -2.17. The lowest BCUT2D eigenvalue weighted by Gasteiger charge is -2.30. The first kappa shape index (κ1) is 13.8. The van der Waals surface area contributed by atoms with E-state index >= 15 is 0 Å². The number of hydrogen-bond donors (Lipinski definition) is 1. The summed E-state index contributed by atoms with van der Waals surface area (Å²) in [5.74, 6) is 0.579. The Morgan fingerprint density at radius 3 is 2.57 bits per heavy atom.